The van der Waals surface area contributed by atoms with E-state index in [1.807, 2.05) is 18.2 Å². The first-order chi connectivity index (χ1) is 19.5. The molecule has 7 rings (SSSR count). The third kappa shape index (κ3) is 4.07. The van der Waals surface area contributed by atoms with Crippen LogP contribution in [0, 0.1) is 0 Å². The molecule has 1 N–H and O–H groups in total. The van der Waals surface area contributed by atoms with Crippen LogP contribution in [0.3, 0.4) is 0 Å². The summed E-state index contributed by atoms with van der Waals surface area (Å²) in [7, 11) is 0. The van der Waals surface area contributed by atoms with Crippen molar-refractivity contribution in [3.63, 3.8) is 0 Å². The maximum Gasteiger partial charge on any atom is 0.291 e. The maximum atomic E-state index is 13.7. The van der Waals surface area contributed by atoms with E-state index in [1.165, 1.54) is 9.42 Å². The van der Waals surface area contributed by atoms with Crippen molar-refractivity contribution < 1.29 is 19.1 Å². The minimum atomic E-state index is -0.582. The molecular formula is C28H18ClN5O5S. The van der Waals surface area contributed by atoms with E-state index >= 15 is 0 Å². The highest BCUT2D eigenvalue weighted by atomic mass is 35.5. The molecule has 12 heteroatoms. The number of carbonyl (C=O) groups excluding carboxylic acids is 2. The number of nitrogens with zero attached hydrogens (tertiary/aromatic N) is 4. The highest BCUT2D eigenvalue weighted by Gasteiger charge is 2.36. The second-order valence-electron chi connectivity index (χ2n) is 9.10. The van der Waals surface area contributed by atoms with Crippen LogP contribution in [0.2, 0.25) is 5.02 Å². The van der Waals surface area contributed by atoms with Gasteiger partial charge in [0, 0.05) is 16.3 Å². The van der Waals surface area contributed by atoms with Crippen LogP contribution in [0.25, 0.3) is 10.5 Å². The van der Waals surface area contributed by atoms with E-state index in [0.29, 0.717) is 44.2 Å². The van der Waals surface area contributed by atoms with Crippen LogP contribution < -0.4 is 29.8 Å². The predicted octanol–water partition coefficient (Wildman–Crippen LogP) is 3.22. The molecule has 0 aliphatic carbocycles. The monoisotopic (exact) mass is 571 g/mol. The lowest BCUT2D eigenvalue weighted by Crippen LogP contribution is -2.37. The van der Waals surface area contributed by atoms with E-state index in [-0.39, 0.29) is 23.3 Å². The van der Waals surface area contributed by atoms with Crippen molar-refractivity contribution in [3.8, 4) is 11.5 Å². The fraction of sp³-hybridized carbons (Fsp3) is 0.107. The van der Waals surface area contributed by atoms with E-state index in [4.69, 9.17) is 21.1 Å². The number of para-hydroxylation sites is 3. The number of anilines is 2. The van der Waals surface area contributed by atoms with Crippen molar-refractivity contribution in [2.75, 3.05) is 23.4 Å². The van der Waals surface area contributed by atoms with Gasteiger partial charge in [-0.25, -0.2) is 0 Å². The summed E-state index contributed by atoms with van der Waals surface area (Å²) in [6.07, 6.45) is -0.582. The van der Waals surface area contributed by atoms with Crippen LogP contribution in [0.1, 0.15) is 17.5 Å². The van der Waals surface area contributed by atoms with E-state index in [2.05, 4.69) is 15.4 Å². The summed E-state index contributed by atoms with van der Waals surface area (Å²) in [5.74, 6) is 0.678. The number of ether oxygens (including phenoxy) is 2. The van der Waals surface area contributed by atoms with Crippen molar-refractivity contribution in [2.45, 2.75) is 6.10 Å². The van der Waals surface area contributed by atoms with Crippen LogP contribution in [-0.2, 0) is 9.59 Å². The Morgan fingerprint density at radius 3 is 2.58 bits per heavy atom. The fourth-order valence-electron chi connectivity index (χ4n) is 4.72. The Kier molecular flexibility index (Phi) is 5.76. The Balaban J connectivity index is 1.22. The Bertz CT molecular complexity index is 1940. The molecule has 40 heavy (non-hydrogen) atoms. The van der Waals surface area contributed by atoms with E-state index < -0.39 is 23.5 Å². The molecule has 3 aromatic carbocycles. The molecular weight excluding hydrogens is 554 g/mol. The van der Waals surface area contributed by atoms with Crippen LogP contribution in [0.4, 0.5) is 11.4 Å². The number of thiazole rings is 1. The van der Waals surface area contributed by atoms with Gasteiger partial charge in [-0.15, -0.1) is 5.10 Å². The number of amides is 2. The second-order valence-corrected chi connectivity index (χ2v) is 10.5. The number of fused-ring (bicyclic) bond motifs is 3. The molecule has 0 fully saturated rings. The minimum Gasteiger partial charge on any atom is -0.485 e. The Labute approximate surface area is 235 Å². The van der Waals surface area contributed by atoms with Gasteiger partial charge < -0.3 is 14.8 Å². The van der Waals surface area contributed by atoms with Gasteiger partial charge in [-0.3, -0.25) is 19.3 Å². The van der Waals surface area contributed by atoms with Crippen LogP contribution in [0.15, 0.2) is 77.6 Å². The topological polar surface area (TPSA) is 115 Å². The molecule has 1 unspecified atom stereocenters. The molecule has 1 atom stereocenters. The summed E-state index contributed by atoms with van der Waals surface area (Å²) >= 11 is 6.99. The zero-order chi connectivity index (χ0) is 27.4. The number of benzene rings is 3. The molecule has 5 aromatic rings. The Morgan fingerprint density at radius 1 is 1.02 bits per heavy atom. The Morgan fingerprint density at radius 2 is 1.77 bits per heavy atom. The smallest absolute Gasteiger partial charge is 0.291 e. The van der Waals surface area contributed by atoms with E-state index in [1.54, 1.807) is 54.6 Å². The number of aromatic nitrogens is 3. The van der Waals surface area contributed by atoms with Gasteiger partial charge in [-0.1, -0.05) is 53.3 Å². The second kappa shape index (κ2) is 9.47. The van der Waals surface area contributed by atoms with Crippen molar-refractivity contribution >= 4 is 56.7 Å². The SMILES string of the molecule is O=C(CN1C(=O)/C(=c2\sc3nc(C4COc5ccccc5O4)nn3c2=O)c2ccccc21)Nc1ccc(Cl)cc1. The molecule has 0 saturated heterocycles. The highest BCUT2D eigenvalue weighted by Crippen LogP contribution is 2.36. The first kappa shape index (κ1) is 24.3. The molecule has 10 nitrogen and oxygen atoms in total. The normalized spacial score (nSPS) is 17.3. The fourth-order valence-corrected chi connectivity index (χ4v) is 5.85. The number of hydrogen-bond donors (Lipinski definition) is 1. The summed E-state index contributed by atoms with van der Waals surface area (Å²) in [5.41, 5.74) is 1.40. The average Bonchev–Trinajstić information content (AvgIpc) is 3.60. The molecule has 4 heterocycles. The van der Waals surface area contributed by atoms with Gasteiger partial charge in [-0.2, -0.15) is 9.50 Å². The molecule has 0 spiro atoms. The quantitative estimate of drug-likeness (QED) is 0.352. The number of hydrogen-bond acceptors (Lipinski definition) is 8. The van der Waals surface area contributed by atoms with Gasteiger partial charge >= 0.3 is 0 Å². The summed E-state index contributed by atoms with van der Waals surface area (Å²) in [6, 6.07) is 21.0. The van der Waals surface area contributed by atoms with Crippen LogP contribution in [-0.4, -0.2) is 39.6 Å². The maximum absolute atomic E-state index is 13.7. The van der Waals surface area contributed by atoms with Crippen molar-refractivity contribution in [3.05, 3.63) is 104 Å². The van der Waals surface area contributed by atoms with Crippen LogP contribution >= 0.6 is 22.9 Å². The Hall–Kier alpha value is -4.74. The molecule has 198 valence electrons. The summed E-state index contributed by atoms with van der Waals surface area (Å²) in [5, 5.41) is 7.70. The molecule has 2 aliphatic rings. The first-order valence-electron chi connectivity index (χ1n) is 12.3. The molecule has 0 radical (unpaired) electrons. The van der Waals surface area contributed by atoms with Gasteiger partial charge in [-0.05, 0) is 42.5 Å². The van der Waals surface area contributed by atoms with E-state index in [0.717, 1.165) is 11.3 Å². The van der Waals surface area contributed by atoms with Gasteiger partial charge in [0.25, 0.3) is 11.5 Å². The number of rotatable bonds is 4. The predicted molar refractivity (Wildman–Crippen MR) is 149 cm³/mol. The van der Waals surface area contributed by atoms with Crippen molar-refractivity contribution in [1.29, 1.82) is 0 Å². The average molecular weight is 572 g/mol. The van der Waals surface area contributed by atoms with Gasteiger partial charge in [0.05, 0.1) is 11.3 Å². The van der Waals surface area contributed by atoms with Crippen molar-refractivity contribution in [1.82, 2.24) is 14.6 Å². The molecule has 2 amide bonds. The molecule has 2 aromatic heterocycles. The van der Waals surface area contributed by atoms with Gasteiger partial charge in [0.15, 0.2) is 23.4 Å². The third-order valence-electron chi connectivity index (χ3n) is 6.55. The lowest BCUT2D eigenvalue weighted by molar-refractivity contribution is -0.118. The first-order valence-corrected chi connectivity index (χ1v) is 13.4. The largest absolute Gasteiger partial charge is 0.485 e. The summed E-state index contributed by atoms with van der Waals surface area (Å²) in [4.78, 5) is 46.2. The van der Waals surface area contributed by atoms with Crippen molar-refractivity contribution in [2.24, 2.45) is 0 Å². The number of carbonyl (C=O) groups is 2. The summed E-state index contributed by atoms with van der Waals surface area (Å²) in [6.45, 7) is -0.0340. The van der Waals surface area contributed by atoms with E-state index in [9.17, 15) is 14.4 Å². The third-order valence-corrected chi connectivity index (χ3v) is 7.83. The highest BCUT2D eigenvalue weighted by molar-refractivity contribution is 7.15. The number of halogens is 1. The van der Waals surface area contributed by atoms with Gasteiger partial charge in [0.2, 0.25) is 10.9 Å². The summed E-state index contributed by atoms with van der Waals surface area (Å²) < 4.78 is 13.1. The molecule has 2 aliphatic heterocycles. The minimum absolute atomic E-state index is 0.200. The number of nitrogens with one attached hydrogen (secondary N) is 1. The zero-order valence-corrected chi connectivity index (χ0v) is 22.1. The lowest BCUT2D eigenvalue weighted by atomic mass is 10.1. The molecule has 0 bridgehead atoms. The van der Waals surface area contributed by atoms with Crippen LogP contribution in [0.5, 0.6) is 11.5 Å². The lowest BCUT2D eigenvalue weighted by Gasteiger charge is -2.24. The van der Waals surface area contributed by atoms with Gasteiger partial charge in [0.1, 0.15) is 17.7 Å². The standard InChI is InChI=1S/C28H18ClN5O5S/c29-15-9-11-16(12-10-15)30-22(35)13-33-18-6-2-1-5-17(18)23(26(33)36)24-27(37)34-28(40-24)31-25(32-34)21-14-38-19-7-3-4-8-20(19)39-21/h1-12,21H,13-14H2,(H,30,35)/b24-23-. The molecule has 0 saturated carbocycles. The zero-order valence-electron chi connectivity index (χ0n) is 20.5.